The highest BCUT2D eigenvalue weighted by Gasteiger charge is 2.77. The van der Waals surface area contributed by atoms with Crippen LogP contribution in [0.2, 0.25) is 0 Å². The largest absolute Gasteiger partial charge is 0.392 e. The second-order valence-corrected chi connectivity index (χ2v) is 14.0. The van der Waals surface area contributed by atoms with E-state index < -0.39 is 34.6 Å². The molecule has 2 heterocycles. The first-order chi connectivity index (χ1) is 19.5. The average Bonchev–Trinajstić information content (AvgIpc) is 3.43. The topological polar surface area (TPSA) is 100.0 Å². The van der Waals surface area contributed by atoms with Gasteiger partial charge in [0, 0.05) is 46.8 Å². The zero-order valence-electron chi connectivity index (χ0n) is 24.3. The van der Waals surface area contributed by atoms with Gasteiger partial charge >= 0.3 is 0 Å². The fraction of sp³-hybridized carbons (Fsp3) is 0.559. The number of aliphatic hydroxyl groups is 2. The Morgan fingerprint density at radius 2 is 1.95 bits per heavy atom. The second-order valence-electron chi connectivity index (χ2n) is 14.0. The zero-order valence-corrected chi connectivity index (χ0v) is 24.3. The number of benzene rings is 1. The molecule has 0 radical (unpaired) electrons. The van der Waals surface area contributed by atoms with Crippen LogP contribution in [-0.4, -0.2) is 56.7 Å². The molecule has 1 aromatic heterocycles. The van der Waals surface area contributed by atoms with Crippen molar-refractivity contribution >= 4 is 22.5 Å². The molecule has 2 N–H and O–H groups in total. The summed E-state index contributed by atoms with van der Waals surface area (Å²) < 4.78 is 0. The summed E-state index contributed by atoms with van der Waals surface area (Å²) in [6.07, 6.45) is 8.60. The Balaban J connectivity index is 1.27. The fourth-order valence-corrected chi connectivity index (χ4v) is 10.3. The van der Waals surface area contributed by atoms with Crippen LogP contribution in [0.15, 0.2) is 60.3 Å². The van der Waals surface area contributed by atoms with E-state index >= 15 is 0 Å². The summed E-state index contributed by atoms with van der Waals surface area (Å²) in [6, 6.07) is 10.0. The number of allylic oxidation sites excluding steroid dienone is 4. The zero-order chi connectivity index (χ0) is 28.9. The number of carbonyl (C=O) groups excluding carboxylic acids is 2. The minimum Gasteiger partial charge on any atom is -0.392 e. The number of hydrogen-bond donors (Lipinski definition) is 2. The van der Waals surface area contributed by atoms with Crippen molar-refractivity contribution in [2.75, 3.05) is 13.2 Å². The van der Waals surface area contributed by atoms with E-state index in [0.29, 0.717) is 19.5 Å². The summed E-state index contributed by atoms with van der Waals surface area (Å²) in [4.78, 5) is 37.6. The molecule has 0 bridgehead atoms. The lowest BCUT2D eigenvalue weighted by molar-refractivity contribution is -0.265. The quantitative estimate of drug-likeness (QED) is 0.575. The molecule has 0 spiro atoms. The van der Waals surface area contributed by atoms with Gasteiger partial charge < -0.3 is 10.2 Å². The van der Waals surface area contributed by atoms with Crippen molar-refractivity contribution in [2.24, 2.45) is 39.9 Å². The normalized spacial score (nSPS) is 43.3. The van der Waals surface area contributed by atoms with Crippen LogP contribution >= 0.6 is 0 Å². The monoisotopic (exact) mass is 556 g/mol. The van der Waals surface area contributed by atoms with Crippen LogP contribution in [0.3, 0.4) is 0 Å². The number of carbonyl (C=O) groups is 2. The third kappa shape index (κ3) is 3.32. The van der Waals surface area contributed by atoms with Crippen molar-refractivity contribution in [1.29, 1.82) is 0 Å². The summed E-state index contributed by atoms with van der Waals surface area (Å²) in [5.41, 5.74) is 0.303. The predicted octanol–water partition coefficient (Wildman–Crippen LogP) is 4.42. The van der Waals surface area contributed by atoms with Crippen molar-refractivity contribution in [2.45, 2.75) is 65.2 Å². The number of aliphatic hydroxyl groups excluding tert-OH is 2. The third-order valence-electron chi connectivity index (χ3n) is 12.4. The van der Waals surface area contributed by atoms with E-state index in [1.165, 1.54) is 0 Å². The van der Waals surface area contributed by atoms with Gasteiger partial charge in [-0.15, -0.1) is 0 Å². The maximum atomic E-state index is 13.9. The van der Waals surface area contributed by atoms with E-state index in [1.807, 2.05) is 29.3 Å². The first kappa shape index (κ1) is 27.1. The van der Waals surface area contributed by atoms with Gasteiger partial charge in [0.1, 0.15) is 6.61 Å². The van der Waals surface area contributed by atoms with Crippen molar-refractivity contribution in [3.8, 4) is 0 Å². The van der Waals surface area contributed by atoms with Gasteiger partial charge in [-0.05, 0) is 66.9 Å². The SMILES string of the molecule is CC1CC2C3CC4CN(Cc5cccc6ncccc56)OC4(C(=O)CO)C3(C)CC(O)C2(C)C2(C)C=CC(=O)C=C12. The summed E-state index contributed by atoms with van der Waals surface area (Å²) >= 11 is 0. The maximum Gasteiger partial charge on any atom is 0.192 e. The molecule has 7 rings (SSSR count). The second kappa shape index (κ2) is 8.90. The lowest BCUT2D eigenvalue weighted by atomic mass is 9.38. The highest BCUT2D eigenvalue weighted by molar-refractivity contribution is 6.01. The van der Waals surface area contributed by atoms with Gasteiger partial charge in [-0.2, -0.15) is 5.06 Å². The van der Waals surface area contributed by atoms with Gasteiger partial charge in [0.2, 0.25) is 0 Å². The molecule has 9 atom stereocenters. The Labute approximate surface area is 241 Å². The van der Waals surface area contributed by atoms with E-state index in [1.54, 1.807) is 18.3 Å². The molecule has 41 heavy (non-hydrogen) atoms. The van der Waals surface area contributed by atoms with Crippen molar-refractivity contribution in [1.82, 2.24) is 10.0 Å². The number of fused-ring (bicyclic) bond motifs is 8. The van der Waals surface area contributed by atoms with Crippen molar-refractivity contribution < 1.29 is 24.6 Å². The van der Waals surface area contributed by atoms with Gasteiger partial charge in [-0.3, -0.25) is 19.4 Å². The number of aromatic nitrogens is 1. The van der Waals surface area contributed by atoms with E-state index in [9.17, 15) is 19.8 Å². The number of ketones is 2. The van der Waals surface area contributed by atoms with Gasteiger partial charge in [-0.25, -0.2) is 0 Å². The number of hydrogen-bond acceptors (Lipinski definition) is 7. The molecule has 1 saturated heterocycles. The molecule has 1 aliphatic heterocycles. The first-order valence-electron chi connectivity index (χ1n) is 15.0. The lowest BCUT2D eigenvalue weighted by Gasteiger charge is -2.66. The van der Waals surface area contributed by atoms with Crippen LogP contribution in [-0.2, 0) is 21.0 Å². The number of nitrogens with zero attached hydrogens (tertiary/aromatic N) is 2. The van der Waals surface area contributed by atoms with E-state index in [2.05, 4.69) is 44.8 Å². The number of hydroxylamine groups is 2. The molecule has 1 aromatic carbocycles. The van der Waals surface area contributed by atoms with Crippen LogP contribution in [0.5, 0.6) is 0 Å². The Hall–Kier alpha value is -2.71. The Kier molecular flexibility index (Phi) is 5.89. The highest BCUT2D eigenvalue weighted by atomic mass is 16.7. The van der Waals surface area contributed by atoms with Gasteiger partial charge in [0.05, 0.1) is 11.6 Å². The van der Waals surface area contributed by atoms with Crippen LogP contribution in [0.4, 0.5) is 0 Å². The molecule has 216 valence electrons. The standard InChI is InChI=1S/C34H40N2O5/c1-20-13-27-26-14-22-18-36(17-21-7-5-9-28-24(21)8-6-12-35-28)41-34(22,30(40)19-37)32(26,3)16-29(39)33(27,4)31(2)11-10-23(38)15-25(20)31/h5-12,15,20,22,26-27,29,37,39H,13-14,16-19H2,1-4H3. The number of pyridine rings is 1. The molecule has 9 unspecified atom stereocenters. The van der Waals surface area contributed by atoms with Gasteiger partial charge in [-0.1, -0.05) is 57.5 Å². The molecule has 4 fully saturated rings. The summed E-state index contributed by atoms with van der Waals surface area (Å²) in [6.45, 7) is 9.19. The minimum atomic E-state index is -1.20. The van der Waals surface area contributed by atoms with E-state index in [0.717, 1.165) is 34.9 Å². The number of Topliss-reactive ketones (excluding diaryl/α,β-unsaturated/α-hetero) is 1. The molecular weight excluding hydrogens is 516 g/mol. The smallest absolute Gasteiger partial charge is 0.192 e. The van der Waals surface area contributed by atoms with Gasteiger partial charge in [0.25, 0.3) is 0 Å². The highest BCUT2D eigenvalue weighted by Crippen LogP contribution is 2.74. The molecule has 0 amide bonds. The molecule has 3 saturated carbocycles. The van der Waals surface area contributed by atoms with Crippen LogP contribution in [0.1, 0.15) is 52.5 Å². The van der Waals surface area contributed by atoms with Crippen LogP contribution in [0, 0.1) is 39.9 Å². The van der Waals surface area contributed by atoms with Gasteiger partial charge in [0.15, 0.2) is 17.2 Å². The molecule has 7 heteroatoms. The summed E-state index contributed by atoms with van der Waals surface area (Å²) in [7, 11) is 0. The first-order valence-corrected chi connectivity index (χ1v) is 15.0. The molecule has 7 nitrogen and oxygen atoms in total. The minimum absolute atomic E-state index is 0.0138. The average molecular weight is 557 g/mol. The fourth-order valence-electron chi connectivity index (χ4n) is 10.3. The Morgan fingerprint density at radius 3 is 2.73 bits per heavy atom. The van der Waals surface area contributed by atoms with Crippen molar-refractivity contribution in [3.05, 3.63) is 65.9 Å². The van der Waals surface area contributed by atoms with Crippen molar-refractivity contribution in [3.63, 3.8) is 0 Å². The van der Waals surface area contributed by atoms with Crippen LogP contribution in [0.25, 0.3) is 10.9 Å². The molecule has 5 aliphatic rings. The number of rotatable bonds is 4. The summed E-state index contributed by atoms with van der Waals surface area (Å²) in [5.74, 6) is 0.0739. The molecule has 4 aliphatic carbocycles. The predicted molar refractivity (Wildman–Crippen MR) is 154 cm³/mol. The Bertz CT molecular complexity index is 1510. The van der Waals surface area contributed by atoms with E-state index in [4.69, 9.17) is 4.84 Å². The Morgan fingerprint density at radius 1 is 1.15 bits per heavy atom. The van der Waals surface area contributed by atoms with Crippen LogP contribution < -0.4 is 0 Å². The third-order valence-corrected chi connectivity index (χ3v) is 12.4. The maximum absolute atomic E-state index is 13.9. The summed E-state index contributed by atoms with van der Waals surface area (Å²) in [5, 5.41) is 25.4. The molecular formula is C34H40N2O5. The van der Waals surface area contributed by atoms with E-state index in [-0.39, 0.29) is 35.2 Å². The lowest BCUT2D eigenvalue weighted by Crippen LogP contribution is -2.67. The molecule has 2 aromatic rings.